The number of benzene rings is 1. The predicted molar refractivity (Wildman–Crippen MR) is 116 cm³/mol. The fourth-order valence-electron chi connectivity index (χ4n) is 3.29. The van der Waals surface area contributed by atoms with Gasteiger partial charge in [-0.25, -0.2) is 30.4 Å². The van der Waals surface area contributed by atoms with E-state index in [1.54, 1.807) is 11.8 Å². The molecule has 0 saturated heterocycles. The molecule has 4 aromatic rings. The summed E-state index contributed by atoms with van der Waals surface area (Å²) in [5, 5.41) is 16.2. The third-order valence-corrected chi connectivity index (χ3v) is 4.87. The van der Waals surface area contributed by atoms with Gasteiger partial charge >= 0.3 is 0 Å². The summed E-state index contributed by atoms with van der Waals surface area (Å²) in [6.45, 7) is 2.57. The standard InChI is InChI=1S/C20H23N9O2/c1-2-13(26-20-16-19(23-10-22-16)24-11-25-20)18-27-14-7-4-3-6-12(14)17(28-18)21-9-5-8-15(30)29-31/h3-4,6-7,10-11,13,31H,2,5,8-9H2,1H3,(H,29,30)(H,21,27,28)(H2,22,23,24,25,26)/t13-/m0/s1. The zero-order chi connectivity index (χ0) is 21.6. The Labute approximate surface area is 177 Å². The number of aromatic nitrogens is 6. The molecule has 4 rings (SSSR count). The molecule has 1 aromatic carbocycles. The van der Waals surface area contributed by atoms with Crippen molar-refractivity contribution in [3.05, 3.63) is 42.7 Å². The van der Waals surface area contributed by atoms with Crippen molar-refractivity contribution in [3.63, 3.8) is 0 Å². The zero-order valence-corrected chi connectivity index (χ0v) is 17.0. The van der Waals surface area contributed by atoms with Gasteiger partial charge in [-0.3, -0.25) is 10.0 Å². The molecule has 0 aliphatic heterocycles. The molecule has 0 saturated carbocycles. The van der Waals surface area contributed by atoms with E-state index in [0.717, 1.165) is 22.8 Å². The molecule has 1 atom stereocenters. The normalized spacial score (nSPS) is 12.1. The summed E-state index contributed by atoms with van der Waals surface area (Å²) in [5.41, 5.74) is 3.77. The van der Waals surface area contributed by atoms with Gasteiger partial charge in [0, 0.05) is 18.4 Å². The largest absolute Gasteiger partial charge is 0.369 e. The van der Waals surface area contributed by atoms with Crippen molar-refractivity contribution >= 4 is 39.6 Å². The second-order valence-electron chi connectivity index (χ2n) is 6.94. The third kappa shape index (κ3) is 4.51. The molecule has 11 heteroatoms. The van der Waals surface area contributed by atoms with Crippen LogP contribution in [0.5, 0.6) is 0 Å². The Morgan fingerprint density at radius 1 is 1.16 bits per heavy atom. The van der Waals surface area contributed by atoms with Crippen LogP contribution in [0, 0.1) is 0 Å². The summed E-state index contributed by atoms with van der Waals surface area (Å²) in [6, 6.07) is 7.57. The maximum atomic E-state index is 11.2. The number of amides is 1. The number of hydrogen-bond donors (Lipinski definition) is 5. The molecule has 160 valence electrons. The molecular weight excluding hydrogens is 398 g/mol. The Kier molecular flexibility index (Phi) is 6.13. The van der Waals surface area contributed by atoms with Crippen LogP contribution in [0.1, 0.15) is 38.1 Å². The van der Waals surface area contributed by atoms with Gasteiger partial charge in [0.2, 0.25) is 5.91 Å². The lowest BCUT2D eigenvalue weighted by Crippen LogP contribution is -2.19. The maximum Gasteiger partial charge on any atom is 0.243 e. The van der Waals surface area contributed by atoms with Gasteiger partial charge in [0.1, 0.15) is 17.7 Å². The molecule has 0 bridgehead atoms. The van der Waals surface area contributed by atoms with Gasteiger partial charge < -0.3 is 15.6 Å². The second kappa shape index (κ2) is 9.30. The average molecular weight is 421 g/mol. The highest BCUT2D eigenvalue weighted by Gasteiger charge is 2.18. The molecule has 0 spiro atoms. The topological polar surface area (TPSA) is 154 Å². The minimum atomic E-state index is -0.416. The van der Waals surface area contributed by atoms with Crippen molar-refractivity contribution in [1.29, 1.82) is 0 Å². The number of hydrogen-bond acceptors (Lipinski definition) is 9. The summed E-state index contributed by atoms with van der Waals surface area (Å²) in [7, 11) is 0. The molecule has 0 aliphatic carbocycles. The lowest BCUT2D eigenvalue weighted by atomic mass is 10.1. The Bertz CT molecular complexity index is 1190. The Balaban J connectivity index is 1.61. The molecule has 3 heterocycles. The SMILES string of the molecule is CC[C@H](Nc1ncnc2nc[nH]c12)c1nc(NCCCC(=O)NO)c2ccccc2n1. The first kappa shape index (κ1) is 20.4. The van der Waals surface area contributed by atoms with E-state index < -0.39 is 5.91 Å². The summed E-state index contributed by atoms with van der Waals surface area (Å²) in [6.07, 6.45) is 4.54. The molecule has 3 aromatic heterocycles. The Hall–Kier alpha value is -3.86. The van der Waals surface area contributed by atoms with Gasteiger partial charge in [0.05, 0.1) is 17.9 Å². The lowest BCUT2D eigenvalue weighted by Gasteiger charge is -2.18. The number of nitrogens with one attached hydrogen (secondary N) is 4. The highest BCUT2D eigenvalue weighted by Crippen LogP contribution is 2.27. The van der Waals surface area contributed by atoms with Crippen molar-refractivity contribution in [3.8, 4) is 0 Å². The molecule has 11 nitrogen and oxygen atoms in total. The van der Waals surface area contributed by atoms with Crippen LogP contribution in [0.2, 0.25) is 0 Å². The van der Waals surface area contributed by atoms with Gasteiger partial charge in [0.15, 0.2) is 17.3 Å². The van der Waals surface area contributed by atoms with Crippen LogP contribution >= 0.6 is 0 Å². The number of carbonyl (C=O) groups excluding carboxylic acids is 1. The monoisotopic (exact) mass is 421 g/mol. The molecule has 31 heavy (non-hydrogen) atoms. The van der Waals surface area contributed by atoms with Gasteiger partial charge in [0.25, 0.3) is 0 Å². The van der Waals surface area contributed by atoms with Crippen LogP contribution in [0.25, 0.3) is 22.1 Å². The van der Waals surface area contributed by atoms with Crippen LogP contribution in [-0.2, 0) is 4.79 Å². The number of imidazole rings is 1. The molecule has 1 amide bonds. The van der Waals surface area contributed by atoms with E-state index in [9.17, 15) is 4.79 Å². The highest BCUT2D eigenvalue weighted by atomic mass is 16.5. The quantitative estimate of drug-likeness (QED) is 0.156. The van der Waals surface area contributed by atoms with Gasteiger partial charge in [-0.2, -0.15) is 0 Å². The van der Waals surface area contributed by atoms with E-state index >= 15 is 0 Å². The first-order valence-corrected chi connectivity index (χ1v) is 10.0. The number of nitrogens with zero attached hydrogens (tertiary/aromatic N) is 5. The van der Waals surface area contributed by atoms with Gasteiger partial charge in [-0.1, -0.05) is 19.1 Å². The van der Waals surface area contributed by atoms with E-state index in [4.69, 9.17) is 15.2 Å². The lowest BCUT2D eigenvalue weighted by molar-refractivity contribution is -0.129. The smallest absolute Gasteiger partial charge is 0.243 e. The zero-order valence-electron chi connectivity index (χ0n) is 17.0. The first-order valence-electron chi connectivity index (χ1n) is 10.0. The summed E-state index contributed by atoms with van der Waals surface area (Å²) in [5.74, 6) is 1.54. The van der Waals surface area contributed by atoms with E-state index in [-0.39, 0.29) is 12.5 Å². The van der Waals surface area contributed by atoms with E-state index in [1.165, 1.54) is 6.33 Å². The Morgan fingerprint density at radius 3 is 2.87 bits per heavy atom. The number of fused-ring (bicyclic) bond motifs is 2. The van der Waals surface area contributed by atoms with Gasteiger partial charge in [-0.15, -0.1) is 0 Å². The number of para-hydroxylation sites is 1. The third-order valence-electron chi connectivity index (χ3n) is 4.87. The van der Waals surface area contributed by atoms with Crippen molar-refractivity contribution in [2.45, 2.75) is 32.2 Å². The number of H-pyrrole nitrogens is 1. The van der Waals surface area contributed by atoms with Crippen LogP contribution in [0.3, 0.4) is 0 Å². The molecule has 0 unspecified atom stereocenters. The molecule has 0 radical (unpaired) electrons. The minimum absolute atomic E-state index is 0.188. The predicted octanol–water partition coefficient (Wildman–Crippen LogP) is 2.56. The number of aromatic amines is 1. The van der Waals surface area contributed by atoms with Crippen LogP contribution in [0.15, 0.2) is 36.9 Å². The molecule has 0 aliphatic rings. The van der Waals surface area contributed by atoms with Crippen LogP contribution in [0.4, 0.5) is 11.6 Å². The van der Waals surface area contributed by atoms with E-state index in [2.05, 4.69) is 30.6 Å². The average Bonchev–Trinajstić information content (AvgIpc) is 3.29. The summed E-state index contributed by atoms with van der Waals surface area (Å²) < 4.78 is 0. The van der Waals surface area contributed by atoms with Crippen molar-refractivity contribution in [1.82, 2.24) is 35.4 Å². The van der Waals surface area contributed by atoms with E-state index in [1.807, 2.05) is 31.2 Å². The first-order chi connectivity index (χ1) is 15.2. The van der Waals surface area contributed by atoms with Crippen molar-refractivity contribution < 1.29 is 10.0 Å². The maximum absolute atomic E-state index is 11.2. The highest BCUT2D eigenvalue weighted by molar-refractivity contribution is 5.89. The minimum Gasteiger partial charge on any atom is -0.369 e. The van der Waals surface area contributed by atoms with Gasteiger partial charge in [-0.05, 0) is 25.0 Å². The summed E-state index contributed by atoms with van der Waals surface area (Å²) >= 11 is 0. The molecule has 5 N–H and O–H groups in total. The fourth-order valence-corrected chi connectivity index (χ4v) is 3.29. The van der Waals surface area contributed by atoms with Crippen LogP contribution < -0.4 is 16.1 Å². The van der Waals surface area contributed by atoms with E-state index in [0.29, 0.717) is 36.1 Å². The second-order valence-corrected chi connectivity index (χ2v) is 6.94. The number of anilines is 2. The van der Waals surface area contributed by atoms with Crippen molar-refractivity contribution in [2.24, 2.45) is 0 Å². The number of rotatable bonds is 9. The number of hydroxylamine groups is 1. The van der Waals surface area contributed by atoms with Crippen LogP contribution in [-0.4, -0.2) is 47.6 Å². The molecule has 0 fully saturated rings. The molecular formula is C20H23N9O2. The van der Waals surface area contributed by atoms with Crippen molar-refractivity contribution in [2.75, 3.05) is 17.2 Å². The number of carbonyl (C=O) groups is 1. The fraction of sp³-hybridized carbons (Fsp3) is 0.300. The summed E-state index contributed by atoms with van der Waals surface area (Å²) in [4.78, 5) is 36.5. The Morgan fingerprint density at radius 2 is 2.03 bits per heavy atom.